The van der Waals surface area contributed by atoms with Crippen LogP contribution in [0.25, 0.3) is 0 Å². The predicted octanol–water partition coefficient (Wildman–Crippen LogP) is 3.24. The molecule has 4 heteroatoms. The number of rotatable bonds is 7. The Hall–Kier alpha value is -1.81. The fourth-order valence-electron chi connectivity index (χ4n) is 5.27. The van der Waals surface area contributed by atoms with Gasteiger partial charge in [-0.15, -0.1) is 0 Å². The van der Waals surface area contributed by atoms with Crippen LogP contribution in [-0.2, 0) is 16.0 Å². The number of ether oxygens (including phenoxy) is 2. The molecule has 3 aliphatic carbocycles. The SMILES string of the molecule is C=CCOc1ccc(CC(N)C(=O)OC23CCC2C2CCCC23)cc1. The van der Waals surface area contributed by atoms with Crippen molar-refractivity contribution in [3.05, 3.63) is 42.5 Å². The van der Waals surface area contributed by atoms with Crippen molar-refractivity contribution in [2.75, 3.05) is 6.61 Å². The van der Waals surface area contributed by atoms with E-state index in [0.717, 1.165) is 23.7 Å². The summed E-state index contributed by atoms with van der Waals surface area (Å²) in [6.45, 7) is 4.11. The molecule has 0 radical (unpaired) electrons. The van der Waals surface area contributed by atoms with Gasteiger partial charge in [-0.1, -0.05) is 31.2 Å². The molecule has 0 bridgehead atoms. The van der Waals surface area contributed by atoms with E-state index in [2.05, 4.69) is 6.58 Å². The summed E-state index contributed by atoms with van der Waals surface area (Å²) in [7, 11) is 0. The Morgan fingerprint density at radius 2 is 2.04 bits per heavy atom. The molecule has 3 saturated carbocycles. The molecule has 0 heterocycles. The molecule has 4 rings (SSSR count). The highest BCUT2D eigenvalue weighted by Crippen LogP contribution is 2.68. The molecule has 0 saturated heterocycles. The third kappa shape index (κ3) is 2.77. The van der Waals surface area contributed by atoms with Crippen molar-refractivity contribution >= 4 is 5.97 Å². The third-order valence-electron chi connectivity index (χ3n) is 6.53. The lowest BCUT2D eigenvalue weighted by atomic mass is 9.44. The van der Waals surface area contributed by atoms with Crippen LogP contribution in [0.1, 0.15) is 37.7 Å². The van der Waals surface area contributed by atoms with Crippen LogP contribution in [0, 0.1) is 17.8 Å². The van der Waals surface area contributed by atoms with Crippen LogP contribution >= 0.6 is 0 Å². The van der Waals surface area contributed by atoms with Gasteiger partial charge in [0.15, 0.2) is 0 Å². The minimum absolute atomic E-state index is 0.155. The number of benzene rings is 1. The summed E-state index contributed by atoms with van der Waals surface area (Å²) in [6.07, 6.45) is 8.29. The van der Waals surface area contributed by atoms with Gasteiger partial charge in [-0.25, -0.2) is 0 Å². The first-order valence-corrected chi connectivity index (χ1v) is 9.45. The summed E-state index contributed by atoms with van der Waals surface area (Å²) in [5, 5.41) is 0. The molecule has 3 aliphatic rings. The number of hydrogen-bond acceptors (Lipinski definition) is 4. The fourth-order valence-corrected chi connectivity index (χ4v) is 5.27. The van der Waals surface area contributed by atoms with Gasteiger partial charge < -0.3 is 15.2 Å². The monoisotopic (exact) mass is 341 g/mol. The maximum Gasteiger partial charge on any atom is 0.323 e. The second-order valence-corrected chi connectivity index (χ2v) is 7.78. The summed E-state index contributed by atoms with van der Waals surface area (Å²) in [4.78, 5) is 12.5. The van der Waals surface area contributed by atoms with E-state index in [0.29, 0.717) is 24.9 Å². The van der Waals surface area contributed by atoms with Crippen LogP contribution in [0.5, 0.6) is 5.75 Å². The van der Waals surface area contributed by atoms with Crippen LogP contribution in [0.4, 0.5) is 0 Å². The summed E-state index contributed by atoms with van der Waals surface area (Å²) >= 11 is 0. The molecule has 4 nitrogen and oxygen atoms in total. The van der Waals surface area contributed by atoms with Gasteiger partial charge in [-0.3, -0.25) is 4.79 Å². The molecule has 25 heavy (non-hydrogen) atoms. The van der Waals surface area contributed by atoms with Gasteiger partial charge in [0, 0.05) is 11.8 Å². The zero-order chi connectivity index (χ0) is 17.4. The quantitative estimate of drug-likeness (QED) is 0.611. The summed E-state index contributed by atoms with van der Waals surface area (Å²) in [5.41, 5.74) is 7.01. The van der Waals surface area contributed by atoms with E-state index in [1.165, 1.54) is 25.7 Å². The van der Waals surface area contributed by atoms with Crippen LogP contribution in [0.15, 0.2) is 36.9 Å². The molecule has 1 aromatic carbocycles. The summed E-state index contributed by atoms with van der Waals surface area (Å²) < 4.78 is 11.5. The van der Waals surface area contributed by atoms with Crippen molar-refractivity contribution in [3.63, 3.8) is 0 Å². The largest absolute Gasteiger partial charge is 0.490 e. The van der Waals surface area contributed by atoms with Crippen molar-refractivity contribution in [1.29, 1.82) is 0 Å². The topological polar surface area (TPSA) is 61.5 Å². The number of hydrogen-bond donors (Lipinski definition) is 1. The van der Waals surface area contributed by atoms with E-state index in [9.17, 15) is 4.79 Å². The lowest BCUT2D eigenvalue weighted by molar-refractivity contribution is -0.265. The second-order valence-electron chi connectivity index (χ2n) is 7.78. The van der Waals surface area contributed by atoms with Gasteiger partial charge >= 0.3 is 5.97 Å². The second kappa shape index (κ2) is 6.49. The smallest absolute Gasteiger partial charge is 0.323 e. The molecular formula is C21H27NO3. The van der Waals surface area contributed by atoms with Gasteiger partial charge in [0.05, 0.1) is 0 Å². The molecule has 1 aromatic rings. The van der Waals surface area contributed by atoms with Gasteiger partial charge in [0.1, 0.15) is 24.0 Å². The molecule has 134 valence electrons. The standard InChI is InChI=1S/C21H27NO3/c1-2-12-24-15-8-6-14(7-9-15)13-19(22)20(23)25-21-11-10-18(21)16-4-3-5-17(16)21/h2,6-9,16-19H,1,3-5,10-13,22H2. The number of carbonyl (C=O) groups excluding carboxylic acids is 1. The molecule has 0 spiro atoms. The van der Waals surface area contributed by atoms with Crippen LogP contribution < -0.4 is 10.5 Å². The van der Waals surface area contributed by atoms with E-state index >= 15 is 0 Å². The molecule has 5 unspecified atom stereocenters. The summed E-state index contributed by atoms with van der Waals surface area (Å²) in [6, 6.07) is 7.09. The number of carbonyl (C=O) groups is 1. The van der Waals surface area contributed by atoms with Crippen LogP contribution in [0.3, 0.4) is 0 Å². The average Bonchev–Trinajstić information content (AvgIpc) is 3.04. The van der Waals surface area contributed by atoms with Gasteiger partial charge in [0.2, 0.25) is 0 Å². The Labute approximate surface area is 149 Å². The Kier molecular flexibility index (Phi) is 4.32. The summed E-state index contributed by atoms with van der Waals surface area (Å²) in [5.74, 6) is 2.57. The minimum Gasteiger partial charge on any atom is -0.490 e. The van der Waals surface area contributed by atoms with E-state index in [4.69, 9.17) is 15.2 Å². The lowest BCUT2D eigenvalue weighted by Gasteiger charge is -2.65. The Balaban J connectivity index is 1.33. The highest BCUT2D eigenvalue weighted by Gasteiger charge is 2.70. The maximum absolute atomic E-state index is 12.5. The fraction of sp³-hybridized carbons (Fsp3) is 0.571. The van der Waals surface area contributed by atoms with E-state index < -0.39 is 6.04 Å². The van der Waals surface area contributed by atoms with Crippen molar-refractivity contribution < 1.29 is 14.3 Å². The molecule has 2 N–H and O–H groups in total. The van der Waals surface area contributed by atoms with Crippen molar-refractivity contribution in [3.8, 4) is 5.75 Å². The number of fused-ring (bicyclic) bond motifs is 4. The highest BCUT2D eigenvalue weighted by atomic mass is 16.6. The normalized spacial score (nSPS) is 33.2. The Bertz CT molecular complexity index is 656. The van der Waals surface area contributed by atoms with E-state index in [-0.39, 0.29) is 11.6 Å². The predicted molar refractivity (Wildman–Crippen MR) is 96.2 cm³/mol. The van der Waals surface area contributed by atoms with E-state index in [1.807, 2.05) is 24.3 Å². The first-order valence-electron chi connectivity index (χ1n) is 9.45. The lowest BCUT2D eigenvalue weighted by Crippen LogP contribution is -2.69. The van der Waals surface area contributed by atoms with Crippen molar-refractivity contribution in [2.45, 2.75) is 50.2 Å². The van der Waals surface area contributed by atoms with Crippen LogP contribution in [-0.4, -0.2) is 24.2 Å². The maximum atomic E-state index is 12.5. The zero-order valence-corrected chi connectivity index (χ0v) is 14.7. The first-order chi connectivity index (χ1) is 12.1. The van der Waals surface area contributed by atoms with E-state index in [1.54, 1.807) is 6.08 Å². The highest BCUT2D eigenvalue weighted by molar-refractivity contribution is 5.76. The molecular weight excluding hydrogens is 314 g/mol. The minimum atomic E-state index is -0.601. The third-order valence-corrected chi connectivity index (χ3v) is 6.53. The molecule has 0 aliphatic heterocycles. The first kappa shape index (κ1) is 16.6. The van der Waals surface area contributed by atoms with Gasteiger partial charge in [-0.05, 0) is 55.7 Å². The van der Waals surface area contributed by atoms with Crippen LogP contribution in [0.2, 0.25) is 0 Å². The van der Waals surface area contributed by atoms with Gasteiger partial charge in [-0.2, -0.15) is 0 Å². The van der Waals surface area contributed by atoms with Crippen molar-refractivity contribution in [2.24, 2.45) is 23.5 Å². The van der Waals surface area contributed by atoms with Gasteiger partial charge in [0.25, 0.3) is 0 Å². The zero-order valence-electron chi connectivity index (χ0n) is 14.7. The molecule has 0 aromatic heterocycles. The Morgan fingerprint density at radius 1 is 1.28 bits per heavy atom. The number of nitrogens with two attached hydrogens (primary N) is 1. The Morgan fingerprint density at radius 3 is 2.72 bits per heavy atom. The molecule has 5 atom stereocenters. The molecule has 0 amide bonds. The number of esters is 1. The average molecular weight is 341 g/mol. The van der Waals surface area contributed by atoms with Crippen molar-refractivity contribution in [1.82, 2.24) is 0 Å². The molecule has 3 fully saturated rings.